The topological polar surface area (TPSA) is 60.7 Å². The summed E-state index contributed by atoms with van der Waals surface area (Å²) in [6.07, 6.45) is 4.01. The molecule has 0 rings (SSSR count). The molecule has 0 fully saturated rings. The minimum Gasteiger partial charge on any atom is -0.329 e. The Morgan fingerprint density at radius 1 is 0.929 bits per heavy atom. The molecule has 0 unspecified atom stereocenters. The van der Waals surface area contributed by atoms with Gasteiger partial charge in [0.05, 0.1) is 0 Å². The largest absolute Gasteiger partial charge is 0.329 e. The third-order valence-electron chi connectivity index (χ3n) is 1.81. The molecule has 0 aliphatic rings. The van der Waals surface area contributed by atoms with Crippen LogP contribution in [0.4, 0.5) is 0 Å². The average molecular weight is 294 g/mol. The van der Waals surface area contributed by atoms with Crippen LogP contribution in [-0.4, -0.2) is 26.2 Å². The molecule has 6 heteroatoms. The summed E-state index contributed by atoms with van der Waals surface area (Å²) >= 11 is 0. The molecule has 0 radical (unpaired) electrons. The van der Waals surface area contributed by atoms with Crippen molar-refractivity contribution < 1.29 is 34.2 Å². The summed E-state index contributed by atoms with van der Waals surface area (Å²) in [5.74, 6) is 1.52. The maximum atomic E-state index is 9.17. The van der Waals surface area contributed by atoms with Gasteiger partial charge in [-0.3, -0.25) is 0 Å². The van der Waals surface area contributed by atoms with Crippen molar-refractivity contribution in [1.29, 1.82) is 0 Å². The van der Waals surface area contributed by atoms with E-state index in [0.717, 1.165) is 37.2 Å². The third-order valence-corrected chi connectivity index (χ3v) is 7.20. The van der Waals surface area contributed by atoms with Crippen molar-refractivity contribution in [2.24, 2.45) is 0 Å². The summed E-state index contributed by atoms with van der Waals surface area (Å²) in [4.78, 5) is 27.5. The Balaban J connectivity index is 0. The molecule has 0 saturated heterocycles. The molecule has 3 N–H and O–H groups in total. The minimum absolute atomic E-state index is 0. The normalized spacial score (nSPS) is 11.6. The number of rotatable bonds is 6. The Morgan fingerprint density at radius 2 is 1.29 bits per heavy atom. The summed E-state index contributed by atoms with van der Waals surface area (Å²) in [6, 6.07) is 0. The quantitative estimate of drug-likeness (QED) is 0.517. The molecule has 0 aromatic rings. The monoisotopic (exact) mass is 292 g/mol. The fraction of sp³-hybridized carbons (Fsp3) is 1.00. The predicted molar refractivity (Wildman–Crippen MR) is 60.5 cm³/mol. The van der Waals surface area contributed by atoms with Gasteiger partial charge in [0.25, 0.3) is 6.72 Å². The first kappa shape index (κ1) is 17.7. The second kappa shape index (κ2) is 9.51. The van der Waals surface area contributed by atoms with E-state index in [-0.39, 0.29) is 19.5 Å². The second-order valence-corrected chi connectivity index (χ2v) is 8.88. The predicted octanol–water partition coefficient (Wildman–Crippen LogP) is 1.86. The van der Waals surface area contributed by atoms with Gasteiger partial charge in [-0.05, 0) is 24.3 Å². The second-order valence-electron chi connectivity index (χ2n) is 3.09. The minimum atomic E-state index is -3.56. The maximum Gasteiger partial charge on any atom is 0.277 e. The van der Waals surface area contributed by atoms with E-state index >= 15 is 0 Å². The van der Waals surface area contributed by atoms with Crippen molar-refractivity contribution in [2.45, 2.75) is 39.5 Å². The Bertz CT molecular complexity index is 175. The molecule has 0 aliphatic heterocycles. The molecule has 0 bridgehead atoms. The zero-order valence-corrected chi connectivity index (χ0v) is 13.8. The molecule has 0 aromatic carbocycles. The van der Waals surface area contributed by atoms with Crippen molar-refractivity contribution >= 4 is 16.8 Å². The molecule has 0 amide bonds. The van der Waals surface area contributed by atoms with Gasteiger partial charge in [0.1, 0.15) is 0 Å². The molecule has 0 heterocycles. The van der Waals surface area contributed by atoms with Gasteiger partial charge >= 0.3 is 0 Å². The molecule has 3 nitrogen and oxygen atoms in total. The van der Waals surface area contributed by atoms with E-state index in [1.807, 2.05) is 0 Å². The molecule has 14 heavy (non-hydrogen) atoms. The van der Waals surface area contributed by atoms with Crippen molar-refractivity contribution in [3.63, 3.8) is 0 Å². The van der Waals surface area contributed by atoms with Gasteiger partial charge < -0.3 is 14.7 Å². The van der Waals surface area contributed by atoms with Gasteiger partial charge in [-0.2, -0.15) is 0 Å². The van der Waals surface area contributed by atoms with Gasteiger partial charge in [-0.15, -0.1) is 10.1 Å². The van der Waals surface area contributed by atoms with Crippen LogP contribution in [0.15, 0.2) is 0 Å². The molecular weight excluding hydrogens is 273 g/mol. The SMILES string of the molecule is CCCCS(CCCC)=P(O)(O)O.[Zn]. The van der Waals surface area contributed by atoms with Crippen LogP contribution in [0.1, 0.15) is 39.5 Å². The molecule has 0 saturated carbocycles. The first-order valence-electron chi connectivity index (χ1n) is 4.77. The molecule has 0 aliphatic carbocycles. The van der Waals surface area contributed by atoms with Crippen LogP contribution < -0.4 is 0 Å². The number of hydrogen-bond donors (Lipinski definition) is 3. The third kappa shape index (κ3) is 8.58. The van der Waals surface area contributed by atoms with Crippen molar-refractivity contribution in [2.75, 3.05) is 11.5 Å². The Hall–Kier alpha value is 1.28. The van der Waals surface area contributed by atoms with Crippen LogP contribution >= 0.6 is 6.72 Å². The fourth-order valence-electron chi connectivity index (χ4n) is 0.969. The number of hydrogen-bond acceptors (Lipinski definition) is 0. The van der Waals surface area contributed by atoms with Gasteiger partial charge in [0.2, 0.25) is 0 Å². The van der Waals surface area contributed by atoms with E-state index in [0.29, 0.717) is 0 Å². The van der Waals surface area contributed by atoms with E-state index in [1.165, 1.54) is 0 Å². The zero-order valence-electron chi connectivity index (χ0n) is 9.15. The smallest absolute Gasteiger partial charge is 0.277 e. The molecule has 84 valence electrons. The van der Waals surface area contributed by atoms with Crippen LogP contribution in [0.25, 0.3) is 0 Å². The summed E-state index contributed by atoms with van der Waals surface area (Å²) in [6.45, 7) is 0.569. The number of unbranched alkanes of at least 4 members (excludes halogenated alkanes) is 2. The molecule has 0 aromatic heterocycles. The first-order chi connectivity index (χ1) is 6.02. The molecular formula is C8H21O3PSZn. The molecule has 0 atom stereocenters. The maximum absolute atomic E-state index is 9.17. The summed E-state index contributed by atoms with van der Waals surface area (Å²) in [5, 5.41) is 0. The average Bonchev–Trinajstić information content (AvgIpc) is 2.02. The van der Waals surface area contributed by atoms with E-state index < -0.39 is 16.8 Å². The first-order valence-corrected chi connectivity index (χ1v) is 8.59. The Labute approximate surface area is 102 Å². The van der Waals surface area contributed by atoms with Crippen LogP contribution in [0.3, 0.4) is 0 Å². The van der Waals surface area contributed by atoms with Crippen molar-refractivity contribution in [3.05, 3.63) is 0 Å². The van der Waals surface area contributed by atoms with Crippen LogP contribution in [0.2, 0.25) is 0 Å². The van der Waals surface area contributed by atoms with Gasteiger partial charge in [0.15, 0.2) is 0 Å². The van der Waals surface area contributed by atoms with Crippen LogP contribution in [-0.2, 0) is 29.6 Å². The molecule has 0 spiro atoms. The van der Waals surface area contributed by atoms with Gasteiger partial charge in [0, 0.05) is 19.5 Å². The Kier molecular flexibility index (Phi) is 12.0. The van der Waals surface area contributed by atoms with Gasteiger partial charge in [-0.25, -0.2) is 0 Å². The standard InChI is InChI=1S/C8H21O3PS.Zn/c1-3-5-7-13(8-6-4-2)12(9,10)11;/h9-11H,3-8H2,1-2H3;. The fourth-order valence-corrected chi connectivity index (χ4v) is 5.15. The summed E-state index contributed by atoms with van der Waals surface area (Å²) < 4.78 is 0. The van der Waals surface area contributed by atoms with Crippen molar-refractivity contribution in [1.82, 2.24) is 0 Å². The summed E-state index contributed by atoms with van der Waals surface area (Å²) in [5.41, 5.74) is 0. The van der Waals surface area contributed by atoms with E-state index in [2.05, 4.69) is 13.8 Å². The van der Waals surface area contributed by atoms with E-state index in [1.54, 1.807) is 0 Å². The van der Waals surface area contributed by atoms with Crippen LogP contribution in [0, 0.1) is 0 Å². The Morgan fingerprint density at radius 3 is 1.50 bits per heavy atom. The van der Waals surface area contributed by atoms with E-state index in [4.69, 9.17) is 14.7 Å². The van der Waals surface area contributed by atoms with Crippen molar-refractivity contribution in [3.8, 4) is 0 Å². The zero-order chi connectivity index (χ0) is 10.3. The van der Waals surface area contributed by atoms with Gasteiger partial charge in [-0.1, -0.05) is 26.7 Å². The van der Waals surface area contributed by atoms with E-state index in [9.17, 15) is 0 Å². The van der Waals surface area contributed by atoms with Crippen LogP contribution in [0.5, 0.6) is 0 Å². The summed E-state index contributed by atoms with van der Waals surface area (Å²) in [7, 11) is -0.564.